The van der Waals surface area contributed by atoms with Gasteiger partial charge in [-0.2, -0.15) is 13.2 Å². The summed E-state index contributed by atoms with van der Waals surface area (Å²) in [6.07, 6.45) is -1.13. The Balaban J connectivity index is 0.000000383. The monoisotopic (exact) mass is 474 g/mol. The van der Waals surface area contributed by atoms with Crippen LogP contribution in [-0.4, -0.2) is 94.7 Å². The highest BCUT2D eigenvalue weighted by Crippen LogP contribution is 2.42. The number of carbonyl (C=O) groups is 2. The highest BCUT2D eigenvalue weighted by atomic mass is 19.4. The molecule has 1 amide bonds. The number of carboxylic acid groups (broad SMARTS) is 1. The van der Waals surface area contributed by atoms with Gasteiger partial charge >= 0.3 is 12.1 Å². The smallest absolute Gasteiger partial charge is 0.490 e. The first-order chi connectivity index (χ1) is 15.5. The number of aliphatic hydroxyl groups excluding tert-OH is 1. The summed E-state index contributed by atoms with van der Waals surface area (Å²) >= 11 is 0. The molecule has 0 saturated carbocycles. The Morgan fingerprint density at radius 1 is 1.12 bits per heavy atom. The minimum absolute atomic E-state index is 0.0429. The van der Waals surface area contributed by atoms with Crippen LogP contribution in [-0.2, 0) is 9.53 Å². The number of nitrogens with zero attached hydrogens (tertiary/aromatic N) is 2. The van der Waals surface area contributed by atoms with Crippen molar-refractivity contribution in [3.8, 4) is 5.75 Å². The number of hydrogen-bond donors (Lipinski definition) is 3. The summed E-state index contributed by atoms with van der Waals surface area (Å²) in [5.74, 6) is -2.53. The summed E-state index contributed by atoms with van der Waals surface area (Å²) in [6.45, 7) is 4.95. The largest absolute Gasteiger partial charge is 0.508 e. The molecule has 3 fully saturated rings. The van der Waals surface area contributed by atoms with Gasteiger partial charge in [-0.3, -0.25) is 9.69 Å². The zero-order valence-electron chi connectivity index (χ0n) is 18.1. The van der Waals surface area contributed by atoms with Crippen LogP contribution in [0.15, 0.2) is 24.3 Å². The van der Waals surface area contributed by atoms with Gasteiger partial charge in [-0.25, -0.2) is 4.79 Å². The topological polar surface area (TPSA) is 111 Å². The molecule has 3 saturated heterocycles. The molecule has 8 nitrogen and oxygen atoms in total. The molecule has 1 spiro atoms. The molecule has 33 heavy (non-hydrogen) atoms. The van der Waals surface area contributed by atoms with Crippen LogP contribution < -0.4 is 0 Å². The SMILES string of the molecule is O=C(O)C(F)(F)F.O=C(c1ccc(O)cc1)N1CCC2(CC1)COC(CN1CCC(O)C1)C2. The van der Waals surface area contributed by atoms with E-state index in [4.69, 9.17) is 14.6 Å². The number of halogens is 3. The number of rotatable bonds is 3. The zero-order chi connectivity index (χ0) is 24.2. The van der Waals surface area contributed by atoms with E-state index in [9.17, 15) is 28.2 Å². The minimum Gasteiger partial charge on any atom is -0.508 e. The van der Waals surface area contributed by atoms with Crippen LogP contribution in [0.5, 0.6) is 5.75 Å². The first-order valence-electron chi connectivity index (χ1n) is 10.9. The molecular weight excluding hydrogens is 445 g/mol. The van der Waals surface area contributed by atoms with E-state index in [-0.39, 0.29) is 29.3 Å². The number of ether oxygens (including phenoxy) is 1. The van der Waals surface area contributed by atoms with Gasteiger partial charge in [0, 0.05) is 38.3 Å². The average molecular weight is 474 g/mol. The van der Waals surface area contributed by atoms with Gasteiger partial charge in [-0.1, -0.05) is 0 Å². The highest BCUT2D eigenvalue weighted by Gasteiger charge is 2.43. The number of aromatic hydroxyl groups is 1. The fourth-order valence-corrected chi connectivity index (χ4v) is 4.60. The lowest BCUT2D eigenvalue weighted by Crippen LogP contribution is -2.43. The number of phenolic OH excluding ortho intramolecular Hbond substituents is 1. The van der Waals surface area contributed by atoms with Crippen LogP contribution in [0, 0.1) is 5.41 Å². The van der Waals surface area contributed by atoms with E-state index >= 15 is 0 Å². The summed E-state index contributed by atoms with van der Waals surface area (Å²) < 4.78 is 37.8. The predicted molar refractivity (Wildman–Crippen MR) is 111 cm³/mol. The number of alkyl halides is 3. The lowest BCUT2D eigenvalue weighted by molar-refractivity contribution is -0.192. The second-order valence-electron chi connectivity index (χ2n) is 8.98. The van der Waals surface area contributed by atoms with Crippen molar-refractivity contribution in [2.75, 3.05) is 39.3 Å². The van der Waals surface area contributed by atoms with Crippen LogP contribution in [0.1, 0.15) is 36.0 Å². The molecule has 1 aromatic rings. The third kappa shape index (κ3) is 6.81. The van der Waals surface area contributed by atoms with Crippen molar-refractivity contribution in [1.29, 1.82) is 0 Å². The van der Waals surface area contributed by atoms with E-state index in [2.05, 4.69) is 4.90 Å². The fraction of sp³-hybridized carbons (Fsp3) is 0.636. The number of benzene rings is 1. The summed E-state index contributed by atoms with van der Waals surface area (Å²) in [5.41, 5.74) is 0.834. The fourth-order valence-electron chi connectivity index (χ4n) is 4.60. The van der Waals surface area contributed by atoms with Gasteiger partial charge < -0.3 is 25.0 Å². The van der Waals surface area contributed by atoms with E-state index in [0.717, 1.165) is 65.0 Å². The molecule has 0 aromatic heterocycles. The standard InChI is InChI=1S/C20H28N2O4.C2HF3O2/c23-16-3-1-15(2-4-16)19(25)22-9-6-20(7-10-22)11-18(26-14-20)13-21-8-5-17(24)12-21;3-2(4,5)1(6)7/h1-4,17-18,23-24H,5-14H2;(H,6,7). The predicted octanol–water partition coefficient (Wildman–Crippen LogP) is 2.10. The summed E-state index contributed by atoms with van der Waals surface area (Å²) in [4.78, 5) is 25.7. The lowest BCUT2D eigenvalue weighted by atomic mass is 9.76. The highest BCUT2D eigenvalue weighted by molar-refractivity contribution is 5.94. The maximum Gasteiger partial charge on any atom is 0.490 e. The molecule has 3 aliphatic heterocycles. The van der Waals surface area contributed by atoms with Gasteiger partial charge in [0.1, 0.15) is 5.75 Å². The molecule has 3 heterocycles. The quantitative estimate of drug-likeness (QED) is 0.615. The van der Waals surface area contributed by atoms with E-state index in [1.165, 1.54) is 0 Å². The number of carbonyl (C=O) groups excluding carboxylic acids is 1. The number of aliphatic hydroxyl groups is 1. The van der Waals surface area contributed by atoms with Crippen LogP contribution in [0.25, 0.3) is 0 Å². The molecule has 2 atom stereocenters. The van der Waals surface area contributed by atoms with Gasteiger partial charge in [0.25, 0.3) is 5.91 Å². The van der Waals surface area contributed by atoms with Gasteiger partial charge in [-0.15, -0.1) is 0 Å². The van der Waals surface area contributed by atoms with E-state index in [1.807, 2.05) is 4.90 Å². The average Bonchev–Trinajstić information content (AvgIpc) is 3.34. The summed E-state index contributed by atoms with van der Waals surface area (Å²) in [6, 6.07) is 6.48. The van der Waals surface area contributed by atoms with E-state index < -0.39 is 12.1 Å². The summed E-state index contributed by atoms with van der Waals surface area (Å²) in [5, 5.41) is 26.2. The molecule has 3 N–H and O–H groups in total. The van der Waals surface area contributed by atoms with Crippen LogP contribution in [0.3, 0.4) is 0 Å². The first kappa shape index (κ1) is 25.3. The number of aliphatic carboxylic acids is 1. The van der Waals surface area contributed by atoms with E-state index in [0.29, 0.717) is 5.56 Å². The second-order valence-corrected chi connectivity index (χ2v) is 8.98. The molecule has 2 unspecified atom stereocenters. The van der Waals surface area contributed by atoms with Crippen molar-refractivity contribution in [2.24, 2.45) is 5.41 Å². The molecular formula is C22H29F3N2O6. The Morgan fingerprint density at radius 2 is 1.73 bits per heavy atom. The summed E-state index contributed by atoms with van der Waals surface area (Å²) in [7, 11) is 0. The number of carboxylic acids is 1. The Bertz CT molecular complexity index is 824. The molecule has 184 valence electrons. The third-order valence-corrected chi connectivity index (χ3v) is 6.46. The molecule has 0 aliphatic carbocycles. The molecule has 1 aromatic carbocycles. The Kier molecular flexibility index (Phi) is 7.86. The lowest BCUT2D eigenvalue weighted by Gasteiger charge is -2.38. The molecule has 0 bridgehead atoms. The number of likely N-dealkylation sites (tertiary alicyclic amines) is 2. The van der Waals surface area contributed by atoms with Crippen molar-refractivity contribution in [2.45, 2.75) is 44.1 Å². The minimum atomic E-state index is -5.08. The normalized spacial score (nSPS) is 25.0. The maximum absolute atomic E-state index is 12.6. The Hall–Kier alpha value is -2.37. The van der Waals surface area contributed by atoms with Crippen LogP contribution in [0.2, 0.25) is 0 Å². The molecule has 0 radical (unpaired) electrons. The van der Waals surface area contributed by atoms with Crippen molar-refractivity contribution in [3.63, 3.8) is 0 Å². The van der Waals surface area contributed by atoms with Crippen molar-refractivity contribution >= 4 is 11.9 Å². The third-order valence-electron chi connectivity index (χ3n) is 6.46. The van der Waals surface area contributed by atoms with Gasteiger partial charge in [0.15, 0.2) is 0 Å². The number of β-amino-alcohol motifs (C(OH)–C–C–N with tert-alkyl or cyclic N) is 1. The Labute approximate surface area is 189 Å². The van der Waals surface area contributed by atoms with Crippen molar-refractivity contribution < 1.29 is 42.8 Å². The Morgan fingerprint density at radius 3 is 2.24 bits per heavy atom. The van der Waals surface area contributed by atoms with Crippen LogP contribution in [0.4, 0.5) is 13.2 Å². The number of hydrogen-bond acceptors (Lipinski definition) is 6. The maximum atomic E-state index is 12.6. The van der Waals surface area contributed by atoms with E-state index in [1.54, 1.807) is 24.3 Å². The number of phenols is 1. The van der Waals surface area contributed by atoms with Crippen molar-refractivity contribution in [1.82, 2.24) is 9.80 Å². The van der Waals surface area contributed by atoms with Crippen LogP contribution >= 0.6 is 0 Å². The first-order valence-corrected chi connectivity index (χ1v) is 10.9. The van der Waals surface area contributed by atoms with Gasteiger partial charge in [-0.05, 0) is 55.4 Å². The van der Waals surface area contributed by atoms with Gasteiger partial charge in [0.2, 0.25) is 0 Å². The number of amides is 1. The van der Waals surface area contributed by atoms with Gasteiger partial charge in [0.05, 0.1) is 18.8 Å². The second kappa shape index (κ2) is 10.3. The molecule has 4 rings (SSSR count). The van der Waals surface area contributed by atoms with Crippen molar-refractivity contribution in [3.05, 3.63) is 29.8 Å². The molecule has 11 heteroatoms. The molecule has 3 aliphatic rings. The number of piperidine rings is 1. The zero-order valence-corrected chi connectivity index (χ0v) is 18.1.